The van der Waals surface area contributed by atoms with Crippen LogP contribution in [0.2, 0.25) is 0 Å². The molecule has 2 aliphatic rings. The van der Waals surface area contributed by atoms with E-state index < -0.39 is 0 Å². The van der Waals surface area contributed by atoms with Crippen molar-refractivity contribution in [3.8, 4) is 0 Å². The van der Waals surface area contributed by atoms with Crippen LogP contribution in [-0.2, 0) is 4.74 Å². The molecule has 0 aromatic heterocycles. The molecule has 0 aliphatic heterocycles. The lowest BCUT2D eigenvalue weighted by Crippen LogP contribution is -2.38. The molecule has 2 rings (SSSR count). The second-order valence-electron chi connectivity index (χ2n) is 7.74. The van der Waals surface area contributed by atoms with Gasteiger partial charge in [0.25, 0.3) is 0 Å². The summed E-state index contributed by atoms with van der Waals surface area (Å²) in [4.78, 5) is 0. The molecule has 1 N–H and O–H groups in total. The molecule has 4 unspecified atom stereocenters. The standard InChI is InChI=1S/C17H33NO/c1-6-9-18-11-13(2)12-19-15-10-14-7-8-17(15,5)16(14,3)4/h13-15,18H,6-12H2,1-5H3. The molecular weight excluding hydrogens is 234 g/mol. The zero-order valence-corrected chi connectivity index (χ0v) is 13.6. The van der Waals surface area contributed by atoms with E-state index >= 15 is 0 Å². The highest BCUT2D eigenvalue weighted by molar-refractivity contribution is 5.11. The van der Waals surface area contributed by atoms with Crippen LogP contribution in [0.25, 0.3) is 0 Å². The van der Waals surface area contributed by atoms with E-state index in [-0.39, 0.29) is 0 Å². The van der Waals surface area contributed by atoms with E-state index in [2.05, 4.69) is 39.9 Å². The molecular formula is C17H33NO. The summed E-state index contributed by atoms with van der Waals surface area (Å²) in [5, 5.41) is 3.49. The van der Waals surface area contributed by atoms with Gasteiger partial charge in [-0.05, 0) is 61.4 Å². The molecule has 0 radical (unpaired) electrons. The summed E-state index contributed by atoms with van der Waals surface area (Å²) >= 11 is 0. The summed E-state index contributed by atoms with van der Waals surface area (Å²) < 4.78 is 6.33. The van der Waals surface area contributed by atoms with Crippen molar-refractivity contribution in [3.63, 3.8) is 0 Å². The Balaban J connectivity index is 1.79. The van der Waals surface area contributed by atoms with Crippen molar-refractivity contribution in [1.29, 1.82) is 0 Å². The molecule has 2 bridgehead atoms. The third kappa shape index (κ3) is 2.71. The van der Waals surface area contributed by atoms with Crippen LogP contribution < -0.4 is 5.32 Å². The first-order valence-corrected chi connectivity index (χ1v) is 8.24. The van der Waals surface area contributed by atoms with Crippen molar-refractivity contribution in [1.82, 2.24) is 5.32 Å². The quantitative estimate of drug-likeness (QED) is 0.707. The molecule has 2 heteroatoms. The zero-order valence-electron chi connectivity index (χ0n) is 13.6. The number of hydrogen-bond acceptors (Lipinski definition) is 2. The number of nitrogens with one attached hydrogen (secondary N) is 1. The monoisotopic (exact) mass is 267 g/mol. The average Bonchev–Trinajstić information content (AvgIpc) is 2.69. The van der Waals surface area contributed by atoms with Gasteiger partial charge in [0.2, 0.25) is 0 Å². The minimum atomic E-state index is 0.411. The van der Waals surface area contributed by atoms with Gasteiger partial charge in [-0.2, -0.15) is 0 Å². The van der Waals surface area contributed by atoms with E-state index in [1.165, 1.54) is 25.7 Å². The van der Waals surface area contributed by atoms with Crippen molar-refractivity contribution < 1.29 is 4.74 Å². The van der Waals surface area contributed by atoms with Crippen LogP contribution >= 0.6 is 0 Å². The normalized spacial score (nSPS) is 37.7. The van der Waals surface area contributed by atoms with Gasteiger partial charge in [-0.1, -0.05) is 34.6 Å². The smallest absolute Gasteiger partial charge is 0.0636 e. The third-order valence-electron chi connectivity index (χ3n) is 6.22. The van der Waals surface area contributed by atoms with Crippen molar-refractivity contribution in [2.24, 2.45) is 22.7 Å². The van der Waals surface area contributed by atoms with E-state index in [1.807, 2.05) is 0 Å². The summed E-state index contributed by atoms with van der Waals surface area (Å²) in [5.74, 6) is 1.51. The largest absolute Gasteiger partial charge is 0.377 e. The summed E-state index contributed by atoms with van der Waals surface area (Å²) in [7, 11) is 0. The van der Waals surface area contributed by atoms with Gasteiger partial charge < -0.3 is 10.1 Å². The maximum atomic E-state index is 6.33. The van der Waals surface area contributed by atoms with E-state index in [0.29, 0.717) is 22.9 Å². The summed E-state index contributed by atoms with van der Waals surface area (Å²) in [6.45, 7) is 15.0. The zero-order chi connectivity index (χ0) is 14.1. The Labute approximate surface area is 119 Å². The molecule has 0 heterocycles. The van der Waals surface area contributed by atoms with Gasteiger partial charge in [0.05, 0.1) is 12.7 Å². The molecule has 0 amide bonds. The number of hydrogen-bond donors (Lipinski definition) is 1. The van der Waals surface area contributed by atoms with Crippen molar-refractivity contribution in [3.05, 3.63) is 0 Å². The Hall–Kier alpha value is -0.0800. The molecule has 2 fully saturated rings. The Morgan fingerprint density at radius 3 is 2.58 bits per heavy atom. The van der Waals surface area contributed by atoms with Gasteiger partial charge in [-0.25, -0.2) is 0 Å². The van der Waals surface area contributed by atoms with Crippen LogP contribution in [0, 0.1) is 22.7 Å². The van der Waals surface area contributed by atoms with Gasteiger partial charge in [-0.3, -0.25) is 0 Å². The minimum Gasteiger partial charge on any atom is -0.377 e. The third-order valence-corrected chi connectivity index (χ3v) is 6.22. The van der Waals surface area contributed by atoms with Gasteiger partial charge >= 0.3 is 0 Å². The lowest BCUT2D eigenvalue weighted by Gasteiger charge is -2.39. The van der Waals surface area contributed by atoms with E-state index in [1.54, 1.807) is 0 Å². The highest BCUT2D eigenvalue weighted by Gasteiger charge is 2.61. The van der Waals surface area contributed by atoms with Gasteiger partial charge in [-0.15, -0.1) is 0 Å². The predicted molar refractivity (Wildman–Crippen MR) is 81.3 cm³/mol. The highest BCUT2D eigenvalue weighted by atomic mass is 16.5. The van der Waals surface area contributed by atoms with Crippen molar-refractivity contribution >= 4 is 0 Å². The molecule has 0 saturated heterocycles. The van der Waals surface area contributed by atoms with Gasteiger partial charge in [0, 0.05) is 0 Å². The molecule has 2 aliphatic carbocycles. The van der Waals surface area contributed by atoms with Crippen LogP contribution in [0.1, 0.15) is 60.3 Å². The number of ether oxygens (including phenoxy) is 1. The van der Waals surface area contributed by atoms with Crippen LogP contribution in [-0.4, -0.2) is 25.8 Å². The minimum absolute atomic E-state index is 0.411. The van der Waals surface area contributed by atoms with Crippen LogP contribution in [0.3, 0.4) is 0 Å². The Morgan fingerprint density at radius 2 is 2.05 bits per heavy atom. The second-order valence-corrected chi connectivity index (χ2v) is 7.74. The van der Waals surface area contributed by atoms with E-state index in [9.17, 15) is 0 Å². The molecule has 2 nitrogen and oxygen atoms in total. The molecule has 0 aromatic rings. The fourth-order valence-corrected chi connectivity index (χ4v) is 4.25. The summed E-state index contributed by atoms with van der Waals surface area (Å²) in [6.07, 6.45) is 5.77. The molecule has 112 valence electrons. The molecule has 4 atom stereocenters. The van der Waals surface area contributed by atoms with Crippen molar-refractivity contribution in [2.75, 3.05) is 19.7 Å². The lowest BCUT2D eigenvalue weighted by atomic mass is 9.70. The summed E-state index contributed by atoms with van der Waals surface area (Å²) in [5.41, 5.74) is 0.885. The highest BCUT2D eigenvalue weighted by Crippen LogP contribution is 2.66. The molecule has 0 aromatic carbocycles. The van der Waals surface area contributed by atoms with Gasteiger partial charge in [0.1, 0.15) is 0 Å². The SMILES string of the molecule is CCCNCC(C)COC1CC2CCC1(C)C2(C)C. The fourth-order valence-electron chi connectivity index (χ4n) is 4.25. The molecule has 2 saturated carbocycles. The first-order valence-electron chi connectivity index (χ1n) is 8.24. The molecule has 0 spiro atoms. The number of rotatable bonds is 7. The topological polar surface area (TPSA) is 21.3 Å². The van der Waals surface area contributed by atoms with E-state index in [0.717, 1.165) is 25.6 Å². The van der Waals surface area contributed by atoms with E-state index in [4.69, 9.17) is 4.74 Å². The molecule has 19 heavy (non-hydrogen) atoms. The Bertz CT molecular complexity index is 302. The van der Waals surface area contributed by atoms with Crippen molar-refractivity contribution in [2.45, 2.75) is 66.4 Å². The van der Waals surface area contributed by atoms with Crippen LogP contribution in [0.5, 0.6) is 0 Å². The van der Waals surface area contributed by atoms with Crippen LogP contribution in [0.15, 0.2) is 0 Å². The van der Waals surface area contributed by atoms with Crippen LogP contribution in [0.4, 0.5) is 0 Å². The Kier molecular flexibility index (Phi) is 4.62. The maximum Gasteiger partial charge on any atom is 0.0636 e. The maximum absolute atomic E-state index is 6.33. The average molecular weight is 267 g/mol. The lowest BCUT2D eigenvalue weighted by molar-refractivity contribution is -0.0566. The first-order chi connectivity index (χ1) is 8.91. The summed E-state index contributed by atoms with van der Waals surface area (Å²) in [6, 6.07) is 0. The predicted octanol–water partition coefficient (Wildman–Crippen LogP) is 3.85. The van der Waals surface area contributed by atoms with Gasteiger partial charge in [0.15, 0.2) is 0 Å². The fraction of sp³-hybridized carbons (Fsp3) is 1.00. The second kappa shape index (κ2) is 5.73. The first kappa shape index (κ1) is 15.3. The Morgan fingerprint density at radius 1 is 1.32 bits per heavy atom. The number of fused-ring (bicyclic) bond motifs is 2.